The standard InChI is InChI=1S/C15H22ClNO/c1-11(12-7-6-8-13(16)9-12)17(5)14(18)10-15(2,3)4/h6-9,11H,10H2,1-5H3. The van der Waals surface area contributed by atoms with E-state index in [2.05, 4.69) is 20.8 Å². The van der Waals surface area contributed by atoms with Gasteiger partial charge in [-0.1, -0.05) is 44.5 Å². The Morgan fingerprint density at radius 3 is 2.50 bits per heavy atom. The minimum absolute atomic E-state index is 0.0133. The van der Waals surface area contributed by atoms with E-state index in [-0.39, 0.29) is 17.4 Å². The third kappa shape index (κ3) is 4.34. The molecular weight excluding hydrogens is 246 g/mol. The second-order valence-corrected chi connectivity index (χ2v) is 6.41. The molecule has 0 radical (unpaired) electrons. The number of nitrogens with zero attached hydrogens (tertiary/aromatic N) is 1. The van der Waals surface area contributed by atoms with Crippen molar-refractivity contribution in [3.05, 3.63) is 34.9 Å². The lowest BCUT2D eigenvalue weighted by Crippen LogP contribution is -2.32. The van der Waals surface area contributed by atoms with Gasteiger partial charge in [-0.05, 0) is 30.0 Å². The highest BCUT2D eigenvalue weighted by atomic mass is 35.5. The molecule has 2 nitrogen and oxygen atoms in total. The quantitative estimate of drug-likeness (QED) is 0.800. The predicted octanol–water partition coefficient (Wildman–Crippen LogP) is 4.30. The number of hydrogen-bond donors (Lipinski definition) is 0. The van der Waals surface area contributed by atoms with Gasteiger partial charge in [0.2, 0.25) is 5.91 Å². The first-order valence-electron chi connectivity index (χ1n) is 6.22. The van der Waals surface area contributed by atoms with E-state index in [4.69, 9.17) is 11.6 Å². The molecule has 0 bridgehead atoms. The Morgan fingerprint density at radius 2 is 2.00 bits per heavy atom. The van der Waals surface area contributed by atoms with E-state index in [1.54, 1.807) is 4.90 Å². The molecule has 100 valence electrons. The van der Waals surface area contributed by atoms with Crippen molar-refractivity contribution < 1.29 is 4.79 Å². The largest absolute Gasteiger partial charge is 0.339 e. The molecule has 0 fully saturated rings. The molecule has 0 heterocycles. The van der Waals surface area contributed by atoms with Crippen molar-refractivity contribution in [3.8, 4) is 0 Å². The fourth-order valence-corrected chi connectivity index (χ4v) is 1.98. The van der Waals surface area contributed by atoms with E-state index >= 15 is 0 Å². The molecule has 0 saturated carbocycles. The fourth-order valence-electron chi connectivity index (χ4n) is 1.78. The summed E-state index contributed by atoms with van der Waals surface area (Å²) in [5, 5.41) is 0.705. The van der Waals surface area contributed by atoms with E-state index in [0.29, 0.717) is 11.4 Å². The molecular formula is C15H22ClNO. The Bertz CT molecular complexity index is 423. The van der Waals surface area contributed by atoms with Gasteiger partial charge in [-0.3, -0.25) is 4.79 Å². The van der Waals surface area contributed by atoms with E-state index in [1.807, 2.05) is 38.2 Å². The summed E-state index contributed by atoms with van der Waals surface area (Å²) in [6, 6.07) is 7.70. The highest BCUT2D eigenvalue weighted by molar-refractivity contribution is 6.30. The van der Waals surface area contributed by atoms with Crippen LogP contribution in [0.15, 0.2) is 24.3 Å². The maximum atomic E-state index is 12.2. The summed E-state index contributed by atoms with van der Waals surface area (Å²) in [6.07, 6.45) is 0.550. The van der Waals surface area contributed by atoms with Crippen LogP contribution in [0.4, 0.5) is 0 Å². The van der Waals surface area contributed by atoms with Crippen molar-refractivity contribution in [2.75, 3.05) is 7.05 Å². The minimum Gasteiger partial charge on any atom is -0.339 e. The maximum absolute atomic E-state index is 12.2. The molecule has 1 rings (SSSR count). The molecule has 1 atom stereocenters. The topological polar surface area (TPSA) is 20.3 Å². The van der Waals surface area contributed by atoms with E-state index in [9.17, 15) is 4.79 Å². The minimum atomic E-state index is 0.0133. The molecule has 3 heteroatoms. The van der Waals surface area contributed by atoms with Gasteiger partial charge in [0.25, 0.3) is 0 Å². The average Bonchev–Trinajstić information content (AvgIpc) is 2.24. The summed E-state index contributed by atoms with van der Waals surface area (Å²) in [5.41, 5.74) is 1.08. The van der Waals surface area contributed by atoms with Crippen LogP contribution >= 0.6 is 11.6 Å². The van der Waals surface area contributed by atoms with Gasteiger partial charge in [0.1, 0.15) is 0 Å². The number of benzene rings is 1. The van der Waals surface area contributed by atoms with Crippen molar-refractivity contribution >= 4 is 17.5 Å². The summed E-state index contributed by atoms with van der Waals surface area (Å²) < 4.78 is 0. The highest BCUT2D eigenvalue weighted by Gasteiger charge is 2.22. The second kappa shape index (κ2) is 5.75. The van der Waals surface area contributed by atoms with Gasteiger partial charge in [-0.2, -0.15) is 0 Å². The number of halogens is 1. The number of rotatable bonds is 3. The van der Waals surface area contributed by atoms with Crippen molar-refractivity contribution in [2.45, 2.75) is 40.2 Å². The monoisotopic (exact) mass is 267 g/mol. The van der Waals surface area contributed by atoms with Crippen molar-refractivity contribution in [3.63, 3.8) is 0 Å². The van der Waals surface area contributed by atoms with E-state index in [1.165, 1.54) is 0 Å². The Labute approximate surface area is 115 Å². The molecule has 18 heavy (non-hydrogen) atoms. The van der Waals surface area contributed by atoms with Crippen LogP contribution in [0.3, 0.4) is 0 Å². The van der Waals surface area contributed by atoms with Gasteiger partial charge in [0.15, 0.2) is 0 Å². The van der Waals surface area contributed by atoms with Gasteiger partial charge in [0, 0.05) is 18.5 Å². The molecule has 0 aliphatic carbocycles. The van der Waals surface area contributed by atoms with Crippen LogP contribution in [0, 0.1) is 5.41 Å². The number of carbonyl (C=O) groups is 1. The van der Waals surface area contributed by atoms with Crippen LogP contribution < -0.4 is 0 Å². The van der Waals surface area contributed by atoms with Gasteiger partial charge in [0.05, 0.1) is 6.04 Å². The van der Waals surface area contributed by atoms with Crippen molar-refractivity contribution in [1.29, 1.82) is 0 Å². The van der Waals surface area contributed by atoms with E-state index < -0.39 is 0 Å². The van der Waals surface area contributed by atoms with Crippen LogP contribution in [0.2, 0.25) is 5.02 Å². The third-order valence-electron chi connectivity index (χ3n) is 2.99. The van der Waals surface area contributed by atoms with Crippen LogP contribution in [0.5, 0.6) is 0 Å². The summed E-state index contributed by atoms with van der Waals surface area (Å²) in [4.78, 5) is 13.9. The molecule has 1 aromatic rings. The zero-order valence-corrected chi connectivity index (χ0v) is 12.6. The lowest BCUT2D eigenvalue weighted by molar-refractivity contribution is -0.133. The summed E-state index contributed by atoms with van der Waals surface area (Å²) in [7, 11) is 1.85. The van der Waals surface area contributed by atoms with E-state index in [0.717, 1.165) is 5.56 Å². The number of carbonyl (C=O) groups excluding carboxylic acids is 1. The first-order chi connectivity index (χ1) is 8.20. The SMILES string of the molecule is CC(c1cccc(Cl)c1)N(C)C(=O)CC(C)(C)C. The summed E-state index contributed by atoms with van der Waals surface area (Å²) >= 11 is 5.98. The first-order valence-corrected chi connectivity index (χ1v) is 6.59. The molecule has 0 aromatic heterocycles. The molecule has 1 aromatic carbocycles. The molecule has 0 N–H and O–H groups in total. The Morgan fingerprint density at radius 1 is 1.39 bits per heavy atom. The van der Waals surface area contributed by atoms with Gasteiger partial charge >= 0.3 is 0 Å². The van der Waals surface area contributed by atoms with Crippen LogP contribution in [-0.4, -0.2) is 17.9 Å². The third-order valence-corrected chi connectivity index (χ3v) is 3.22. The fraction of sp³-hybridized carbons (Fsp3) is 0.533. The first kappa shape index (κ1) is 15.0. The molecule has 0 spiro atoms. The number of hydrogen-bond acceptors (Lipinski definition) is 1. The van der Waals surface area contributed by atoms with Crippen LogP contribution in [-0.2, 0) is 4.79 Å². The summed E-state index contributed by atoms with van der Waals surface area (Å²) in [5.74, 6) is 0.162. The molecule has 1 amide bonds. The van der Waals surface area contributed by atoms with Crippen LogP contribution in [0.1, 0.15) is 45.7 Å². The average molecular weight is 268 g/mol. The Kier molecular flexibility index (Phi) is 4.80. The lowest BCUT2D eigenvalue weighted by Gasteiger charge is -2.28. The zero-order valence-electron chi connectivity index (χ0n) is 11.8. The zero-order chi connectivity index (χ0) is 13.9. The second-order valence-electron chi connectivity index (χ2n) is 5.97. The van der Waals surface area contributed by atoms with Gasteiger partial charge in [-0.25, -0.2) is 0 Å². The Balaban J connectivity index is 2.78. The molecule has 0 saturated heterocycles. The van der Waals surface area contributed by atoms with Crippen molar-refractivity contribution in [2.24, 2.45) is 5.41 Å². The molecule has 0 aliphatic rings. The van der Waals surface area contributed by atoms with Gasteiger partial charge in [-0.15, -0.1) is 0 Å². The predicted molar refractivity (Wildman–Crippen MR) is 76.7 cm³/mol. The van der Waals surface area contributed by atoms with Gasteiger partial charge < -0.3 is 4.90 Å². The molecule has 1 unspecified atom stereocenters. The normalized spacial score (nSPS) is 13.2. The Hall–Kier alpha value is -1.02. The highest BCUT2D eigenvalue weighted by Crippen LogP contribution is 2.25. The maximum Gasteiger partial charge on any atom is 0.223 e. The smallest absolute Gasteiger partial charge is 0.223 e. The van der Waals surface area contributed by atoms with Crippen LogP contribution in [0.25, 0.3) is 0 Å². The summed E-state index contributed by atoms with van der Waals surface area (Å²) in [6.45, 7) is 8.24. The molecule has 0 aliphatic heterocycles. The lowest BCUT2D eigenvalue weighted by atomic mass is 9.91. The van der Waals surface area contributed by atoms with Crippen molar-refractivity contribution in [1.82, 2.24) is 4.90 Å². The number of amides is 1.